The number of thiazole rings is 1. The zero-order valence-corrected chi connectivity index (χ0v) is 10.4. The number of carbonyl (C=O) groups excluding carboxylic acids is 1. The van der Waals surface area contributed by atoms with E-state index in [0.29, 0.717) is 18.0 Å². The zero-order chi connectivity index (χ0) is 11.8. The highest BCUT2D eigenvalue weighted by Gasteiger charge is 2.43. The van der Waals surface area contributed by atoms with Gasteiger partial charge in [-0.2, -0.15) is 0 Å². The predicted molar refractivity (Wildman–Crippen MR) is 62.6 cm³/mol. The van der Waals surface area contributed by atoms with Crippen molar-refractivity contribution in [3.05, 3.63) is 16.1 Å². The summed E-state index contributed by atoms with van der Waals surface area (Å²) in [4.78, 5) is 18.4. The third-order valence-electron chi connectivity index (χ3n) is 2.91. The number of aromatic nitrogens is 1. The molecule has 0 aromatic carbocycles. The highest BCUT2D eigenvalue weighted by molar-refractivity contribution is 7.11. The number of carbonyl (C=O) groups is 1. The van der Waals surface area contributed by atoms with E-state index < -0.39 is 5.60 Å². The molecular formula is C11H16N2O2S. The molecule has 1 aromatic heterocycles. The van der Waals surface area contributed by atoms with E-state index in [1.165, 1.54) is 11.3 Å². The molecule has 0 aliphatic carbocycles. The first kappa shape index (κ1) is 11.5. The minimum Gasteiger partial charge on any atom is -0.386 e. The largest absolute Gasteiger partial charge is 0.386 e. The summed E-state index contributed by atoms with van der Waals surface area (Å²) >= 11 is 1.36. The van der Waals surface area contributed by atoms with Gasteiger partial charge >= 0.3 is 0 Å². The lowest BCUT2D eigenvalue weighted by Crippen LogP contribution is -2.63. The lowest BCUT2D eigenvalue weighted by Gasteiger charge is -2.46. The van der Waals surface area contributed by atoms with Gasteiger partial charge in [-0.3, -0.25) is 4.79 Å². The number of amides is 1. The lowest BCUT2D eigenvalue weighted by atomic mass is 9.89. The summed E-state index contributed by atoms with van der Waals surface area (Å²) in [6, 6.07) is 0. The normalized spacial score (nSPS) is 18.3. The van der Waals surface area contributed by atoms with Gasteiger partial charge in [-0.25, -0.2) is 4.98 Å². The summed E-state index contributed by atoms with van der Waals surface area (Å²) in [6.07, 6.45) is 1.70. The van der Waals surface area contributed by atoms with Gasteiger partial charge in [0.2, 0.25) is 0 Å². The molecule has 5 heteroatoms. The first-order valence-electron chi connectivity index (χ1n) is 5.47. The van der Waals surface area contributed by atoms with Gasteiger partial charge < -0.3 is 10.0 Å². The molecule has 0 spiro atoms. The molecule has 16 heavy (non-hydrogen) atoms. The summed E-state index contributed by atoms with van der Waals surface area (Å²) < 4.78 is 0. The van der Waals surface area contributed by atoms with E-state index in [1.54, 1.807) is 10.4 Å². The van der Waals surface area contributed by atoms with Crippen molar-refractivity contribution >= 4 is 17.2 Å². The van der Waals surface area contributed by atoms with Crippen LogP contribution < -0.4 is 0 Å². The summed E-state index contributed by atoms with van der Waals surface area (Å²) in [6.45, 7) is 4.78. The van der Waals surface area contributed by atoms with E-state index in [0.717, 1.165) is 18.5 Å². The zero-order valence-electron chi connectivity index (χ0n) is 9.56. The molecule has 0 radical (unpaired) electrons. The second kappa shape index (κ2) is 4.14. The first-order chi connectivity index (χ1) is 7.56. The Morgan fingerprint density at radius 2 is 2.38 bits per heavy atom. The summed E-state index contributed by atoms with van der Waals surface area (Å²) in [5.74, 6) is 0.000720. The fourth-order valence-corrected chi connectivity index (χ4v) is 2.85. The topological polar surface area (TPSA) is 53.4 Å². The Balaban J connectivity index is 1.98. The van der Waals surface area contributed by atoms with Gasteiger partial charge in [-0.1, -0.05) is 13.3 Å². The third kappa shape index (κ3) is 1.97. The highest BCUT2D eigenvalue weighted by atomic mass is 32.1. The quantitative estimate of drug-likeness (QED) is 0.869. The van der Waals surface area contributed by atoms with E-state index in [-0.39, 0.29) is 5.91 Å². The molecule has 4 nitrogen and oxygen atoms in total. The van der Waals surface area contributed by atoms with Crippen LogP contribution in [0.2, 0.25) is 0 Å². The molecule has 1 amide bonds. The van der Waals surface area contributed by atoms with Crippen molar-refractivity contribution in [2.24, 2.45) is 0 Å². The molecule has 0 unspecified atom stereocenters. The van der Waals surface area contributed by atoms with Crippen LogP contribution in [-0.4, -0.2) is 39.6 Å². The number of aryl methyl sites for hydroxylation is 1. The van der Waals surface area contributed by atoms with Crippen LogP contribution in [0.1, 0.15) is 35.1 Å². The standard InChI is InChI=1S/C11H16N2O2S/c1-3-4-11(15)5-13(6-11)10(14)9-8(2)12-7-16-9/h7,15H,3-6H2,1-2H3. The van der Waals surface area contributed by atoms with Crippen LogP contribution in [0.3, 0.4) is 0 Å². The minimum absolute atomic E-state index is 0.000720. The van der Waals surface area contributed by atoms with Crippen LogP contribution in [-0.2, 0) is 0 Å². The van der Waals surface area contributed by atoms with E-state index >= 15 is 0 Å². The molecule has 1 aliphatic rings. The van der Waals surface area contributed by atoms with Crippen LogP contribution in [0, 0.1) is 6.92 Å². The molecule has 1 saturated heterocycles. The minimum atomic E-state index is -0.650. The molecule has 1 aromatic rings. The number of β-amino-alcohol motifs (C(OH)–C–C–N with tert-alkyl or cyclic N) is 1. The summed E-state index contributed by atoms with van der Waals surface area (Å²) in [5, 5.41) is 9.99. The molecule has 2 rings (SSSR count). The van der Waals surface area contributed by atoms with Gasteiger partial charge in [-0.15, -0.1) is 11.3 Å². The van der Waals surface area contributed by atoms with Gasteiger partial charge in [0, 0.05) is 0 Å². The van der Waals surface area contributed by atoms with Gasteiger partial charge in [0.25, 0.3) is 5.91 Å². The fourth-order valence-electron chi connectivity index (χ4n) is 2.08. The molecule has 1 N–H and O–H groups in total. The van der Waals surface area contributed by atoms with E-state index in [1.807, 2.05) is 13.8 Å². The fraction of sp³-hybridized carbons (Fsp3) is 0.636. The molecule has 1 aliphatic heterocycles. The Morgan fingerprint density at radius 3 is 2.88 bits per heavy atom. The average molecular weight is 240 g/mol. The van der Waals surface area contributed by atoms with Crippen molar-refractivity contribution in [3.8, 4) is 0 Å². The molecule has 88 valence electrons. The molecule has 0 bridgehead atoms. The first-order valence-corrected chi connectivity index (χ1v) is 6.35. The molecule has 0 atom stereocenters. The Bertz CT molecular complexity index is 396. The van der Waals surface area contributed by atoms with Crippen LogP contribution in [0.4, 0.5) is 0 Å². The second-order valence-electron chi connectivity index (χ2n) is 4.40. The maximum atomic E-state index is 12.0. The summed E-state index contributed by atoms with van der Waals surface area (Å²) in [7, 11) is 0. The molecule has 0 saturated carbocycles. The number of hydrogen-bond donors (Lipinski definition) is 1. The lowest BCUT2D eigenvalue weighted by molar-refractivity contribution is -0.0858. The second-order valence-corrected chi connectivity index (χ2v) is 5.26. The summed E-state index contributed by atoms with van der Waals surface area (Å²) in [5.41, 5.74) is 1.81. The van der Waals surface area contributed by atoms with Crippen LogP contribution in [0.15, 0.2) is 5.51 Å². The van der Waals surface area contributed by atoms with Crippen LogP contribution in [0.5, 0.6) is 0 Å². The maximum absolute atomic E-state index is 12.0. The van der Waals surface area contributed by atoms with Crippen molar-refractivity contribution < 1.29 is 9.90 Å². The van der Waals surface area contributed by atoms with Crippen LogP contribution in [0.25, 0.3) is 0 Å². The monoisotopic (exact) mass is 240 g/mol. The van der Waals surface area contributed by atoms with Crippen molar-refractivity contribution in [3.63, 3.8) is 0 Å². The number of aliphatic hydroxyl groups is 1. The van der Waals surface area contributed by atoms with Gasteiger partial charge in [0.1, 0.15) is 4.88 Å². The van der Waals surface area contributed by atoms with E-state index in [4.69, 9.17) is 0 Å². The van der Waals surface area contributed by atoms with Crippen molar-refractivity contribution in [2.75, 3.05) is 13.1 Å². The Hall–Kier alpha value is -0.940. The third-order valence-corrected chi connectivity index (χ3v) is 3.83. The molecule has 1 fully saturated rings. The van der Waals surface area contributed by atoms with Crippen molar-refractivity contribution in [1.82, 2.24) is 9.88 Å². The van der Waals surface area contributed by atoms with E-state index in [2.05, 4.69) is 4.98 Å². The number of rotatable bonds is 3. The van der Waals surface area contributed by atoms with Crippen molar-refractivity contribution in [2.45, 2.75) is 32.3 Å². The number of likely N-dealkylation sites (tertiary alicyclic amines) is 1. The number of nitrogens with zero attached hydrogens (tertiary/aromatic N) is 2. The molecule has 2 heterocycles. The van der Waals surface area contributed by atoms with Crippen LogP contribution >= 0.6 is 11.3 Å². The van der Waals surface area contributed by atoms with E-state index in [9.17, 15) is 9.90 Å². The number of hydrogen-bond acceptors (Lipinski definition) is 4. The van der Waals surface area contributed by atoms with Gasteiger partial charge in [0.15, 0.2) is 0 Å². The highest BCUT2D eigenvalue weighted by Crippen LogP contribution is 2.28. The van der Waals surface area contributed by atoms with Gasteiger partial charge in [-0.05, 0) is 13.3 Å². The molecular weight excluding hydrogens is 224 g/mol. The van der Waals surface area contributed by atoms with Crippen molar-refractivity contribution in [1.29, 1.82) is 0 Å². The maximum Gasteiger partial charge on any atom is 0.266 e. The smallest absolute Gasteiger partial charge is 0.266 e. The predicted octanol–water partition coefficient (Wildman–Crippen LogP) is 1.44. The van der Waals surface area contributed by atoms with Gasteiger partial charge in [0.05, 0.1) is 29.9 Å². The average Bonchev–Trinajstić information content (AvgIpc) is 2.60. The SMILES string of the molecule is CCCC1(O)CN(C(=O)c2scnc2C)C1. The Kier molecular flexibility index (Phi) is 2.99. The Morgan fingerprint density at radius 1 is 1.69 bits per heavy atom. The Labute approximate surface area is 98.9 Å².